The molecule has 4 fully saturated rings. The summed E-state index contributed by atoms with van der Waals surface area (Å²) in [6.07, 6.45) is 11.8. The molecular weight excluding hydrogens is 388 g/mol. The monoisotopic (exact) mass is 426 g/mol. The van der Waals surface area contributed by atoms with Gasteiger partial charge in [0, 0.05) is 12.4 Å². The van der Waals surface area contributed by atoms with Crippen LogP contribution in [0.2, 0.25) is 0 Å². The molecule has 0 bridgehead atoms. The van der Waals surface area contributed by atoms with Crippen molar-refractivity contribution in [3.8, 4) is 0 Å². The van der Waals surface area contributed by atoms with Crippen LogP contribution < -0.4 is 0 Å². The van der Waals surface area contributed by atoms with Crippen molar-refractivity contribution in [2.75, 3.05) is 19.0 Å². The lowest BCUT2D eigenvalue weighted by Crippen LogP contribution is -2.52. The molecule has 0 aromatic carbocycles. The summed E-state index contributed by atoms with van der Waals surface area (Å²) < 4.78 is 5.33. The summed E-state index contributed by atoms with van der Waals surface area (Å²) >= 11 is 3.77. The highest BCUT2D eigenvalue weighted by Gasteiger charge is 2.58. The van der Waals surface area contributed by atoms with Crippen LogP contribution in [0.15, 0.2) is 0 Å². The second-order valence-electron chi connectivity index (χ2n) is 10.7. The van der Waals surface area contributed by atoms with E-state index in [9.17, 15) is 5.11 Å². The fourth-order valence-electron chi connectivity index (χ4n) is 8.45. The molecule has 4 saturated carbocycles. The van der Waals surface area contributed by atoms with E-state index in [2.05, 4.69) is 29.8 Å². The molecule has 2 unspecified atom stereocenters. The molecule has 26 heavy (non-hydrogen) atoms. The third-order valence-corrected chi connectivity index (χ3v) is 10.5. The van der Waals surface area contributed by atoms with Gasteiger partial charge in [0.25, 0.3) is 0 Å². The molecule has 4 rings (SSSR count). The molecule has 3 heteroatoms. The summed E-state index contributed by atoms with van der Waals surface area (Å²) in [6, 6.07) is 0. The molecule has 4 aliphatic rings. The Morgan fingerprint density at radius 2 is 1.81 bits per heavy atom. The maximum Gasteiger partial charge on any atom is 0.0882 e. The van der Waals surface area contributed by atoms with Gasteiger partial charge in [-0.25, -0.2) is 0 Å². The van der Waals surface area contributed by atoms with Crippen LogP contribution in [0.3, 0.4) is 0 Å². The van der Waals surface area contributed by atoms with Gasteiger partial charge in [-0.15, -0.1) is 0 Å². The zero-order valence-electron chi connectivity index (χ0n) is 17.1. The molecule has 0 radical (unpaired) electrons. The first-order valence-electron chi connectivity index (χ1n) is 11.2. The maximum absolute atomic E-state index is 10.9. The van der Waals surface area contributed by atoms with E-state index in [0.717, 1.165) is 59.6 Å². The predicted molar refractivity (Wildman–Crippen MR) is 110 cm³/mol. The molecule has 0 amide bonds. The minimum absolute atomic E-state index is 0.525. The van der Waals surface area contributed by atoms with E-state index in [1.807, 2.05) is 0 Å². The molecule has 0 aromatic heterocycles. The topological polar surface area (TPSA) is 29.5 Å². The predicted octanol–water partition coefficient (Wildman–Crippen LogP) is 5.66. The highest BCUT2D eigenvalue weighted by molar-refractivity contribution is 9.09. The minimum atomic E-state index is -0.546. The van der Waals surface area contributed by atoms with Crippen molar-refractivity contribution < 1.29 is 9.84 Å². The summed E-state index contributed by atoms with van der Waals surface area (Å²) in [6.45, 7) is 5.64. The first-order chi connectivity index (χ1) is 12.4. The van der Waals surface area contributed by atoms with Crippen molar-refractivity contribution in [2.45, 2.75) is 77.2 Å². The lowest BCUT2D eigenvalue weighted by Gasteiger charge is -2.57. The minimum Gasteiger partial charge on any atom is -0.387 e. The smallest absolute Gasteiger partial charge is 0.0882 e. The lowest BCUT2D eigenvalue weighted by atomic mass is 9.48. The van der Waals surface area contributed by atoms with Gasteiger partial charge in [0.1, 0.15) is 0 Å². The van der Waals surface area contributed by atoms with Crippen LogP contribution in [0, 0.1) is 46.8 Å². The quantitative estimate of drug-likeness (QED) is 0.587. The number of fused-ring (bicyclic) bond motifs is 5. The summed E-state index contributed by atoms with van der Waals surface area (Å²) in [5, 5.41) is 12.1. The SMILES string of the molecule is COC[C@@]1(O)CC[C@H]2[C@H](CCC3[C@@H]2CC[C@]2(C)[C@@H](C(C)CBr)CC[C@@H]32)C1. The zero-order chi connectivity index (χ0) is 18.5. The molecule has 1 N–H and O–H groups in total. The third kappa shape index (κ3) is 3.12. The van der Waals surface area contributed by atoms with Crippen LogP contribution in [0.25, 0.3) is 0 Å². The Morgan fingerprint density at radius 1 is 1.04 bits per heavy atom. The Labute approximate surface area is 169 Å². The molecule has 0 aromatic rings. The summed E-state index contributed by atoms with van der Waals surface area (Å²) in [5.74, 6) is 6.23. The van der Waals surface area contributed by atoms with Crippen LogP contribution in [0.5, 0.6) is 0 Å². The van der Waals surface area contributed by atoms with Crippen molar-refractivity contribution in [2.24, 2.45) is 46.8 Å². The molecule has 150 valence electrons. The molecule has 0 spiro atoms. The van der Waals surface area contributed by atoms with Gasteiger partial charge in [-0.1, -0.05) is 29.8 Å². The fourth-order valence-corrected chi connectivity index (χ4v) is 8.90. The van der Waals surface area contributed by atoms with E-state index in [-0.39, 0.29) is 0 Å². The molecule has 9 atom stereocenters. The maximum atomic E-state index is 10.9. The number of methoxy groups -OCH3 is 1. The first-order valence-corrected chi connectivity index (χ1v) is 12.3. The van der Waals surface area contributed by atoms with Crippen molar-refractivity contribution in [1.29, 1.82) is 0 Å². The van der Waals surface area contributed by atoms with Crippen molar-refractivity contribution >= 4 is 15.9 Å². The van der Waals surface area contributed by atoms with Crippen LogP contribution in [0.1, 0.15) is 71.6 Å². The Hall–Kier alpha value is 0.400. The summed E-state index contributed by atoms with van der Waals surface area (Å²) in [4.78, 5) is 0. The fraction of sp³-hybridized carbons (Fsp3) is 1.00. The highest BCUT2D eigenvalue weighted by Crippen LogP contribution is 2.65. The van der Waals surface area contributed by atoms with Crippen LogP contribution >= 0.6 is 15.9 Å². The number of aliphatic hydroxyl groups is 1. The lowest BCUT2D eigenvalue weighted by molar-refractivity contribution is -0.125. The largest absolute Gasteiger partial charge is 0.387 e. The van der Waals surface area contributed by atoms with Crippen LogP contribution in [0.4, 0.5) is 0 Å². The average Bonchev–Trinajstić information content (AvgIpc) is 2.98. The molecule has 2 nitrogen and oxygen atoms in total. The second-order valence-corrected chi connectivity index (χ2v) is 11.3. The van der Waals surface area contributed by atoms with E-state index < -0.39 is 5.60 Å². The Morgan fingerprint density at radius 3 is 2.54 bits per heavy atom. The van der Waals surface area contributed by atoms with Crippen molar-refractivity contribution in [1.82, 2.24) is 0 Å². The molecule has 0 aliphatic heterocycles. The van der Waals surface area contributed by atoms with Gasteiger partial charge in [-0.05, 0) is 105 Å². The summed E-state index contributed by atoms with van der Waals surface area (Å²) in [7, 11) is 1.73. The number of hydrogen-bond acceptors (Lipinski definition) is 2. The van der Waals surface area contributed by atoms with Gasteiger partial charge in [-0.2, -0.15) is 0 Å². The highest BCUT2D eigenvalue weighted by atomic mass is 79.9. The van der Waals surface area contributed by atoms with E-state index in [1.165, 1.54) is 44.9 Å². The molecule has 4 aliphatic carbocycles. The van der Waals surface area contributed by atoms with E-state index in [4.69, 9.17) is 4.74 Å². The third-order valence-electron chi connectivity index (χ3n) is 9.52. The van der Waals surface area contributed by atoms with E-state index >= 15 is 0 Å². The molecule has 0 saturated heterocycles. The summed E-state index contributed by atoms with van der Waals surface area (Å²) in [5.41, 5.74) is 0.0440. The average molecular weight is 427 g/mol. The Kier molecular flexibility index (Phi) is 5.56. The van der Waals surface area contributed by atoms with Gasteiger partial charge in [0.2, 0.25) is 0 Å². The van der Waals surface area contributed by atoms with Crippen molar-refractivity contribution in [3.63, 3.8) is 0 Å². The number of ether oxygens (including phenoxy) is 1. The van der Waals surface area contributed by atoms with Gasteiger partial charge >= 0.3 is 0 Å². The number of halogens is 1. The number of alkyl halides is 1. The van der Waals surface area contributed by atoms with Gasteiger partial charge in [0.15, 0.2) is 0 Å². The normalized spacial score (nSPS) is 52.0. The van der Waals surface area contributed by atoms with Gasteiger partial charge < -0.3 is 9.84 Å². The standard InChI is InChI=1S/C23H39BrO2/c1-15(13-24)20-6-7-21-19-5-4-16-12-23(25,14-26-3)11-9-17(16)18(19)8-10-22(20,21)2/h15-21,25H,4-14H2,1-3H3/t15?,16-,17+,18-,19?,20-,21+,22-,23-/m1/s1. The van der Waals surface area contributed by atoms with E-state index in [1.54, 1.807) is 7.11 Å². The number of hydrogen-bond donors (Lipinski definition) is 1. The van der Waals surface area contributed by atoms with E-state index in [0.29, 0.717) is 12.0 Å². The van der Waals surface area contributed by atoms with Crippen LogP contribution in [-0.4, -0.2) is 29.8 Å². The second kappa shape index (κ2) is 7.34. The van der Waals surface area contributed by atoms with Crippen LogP contribution in [-0.2, 0) is 4.74 Å². The van der Waals surface area contributed by atoms with Crippen molar-refractivity contribution in [3.05, 3.63) is 0 Å². The molecular formula is C23H39BrO2. The molecule has 0 heterocycles. The Balaban J connectivity index is 1.49. The first kappa shape index (κ1) is 19.7. The Bertz CT molecular complexity index is 510. The number of rotatable bonds is 4. The van der Waals surface area contributed by atoms with Gasteiger partial charge in [-0.3, -0.25) is 0 Å². The zero-order valence-corrected chi connectivity index (χ0v) is 18.6. The van der Waals surface area contributed by atoms with Gasteiger partial charge in [0.05, 0.1) is 12.2 Å².